The van der Waals surface area contributed by atoms with Gasteiger partial charge in [-0.05, 0) is 132 Å². The van der Waals surface area contributed by atoms with Crippen LogP contribution in [-0.4, -0.2) is 302 Å². The second kappa shape index (κ2) is 51.3. The number of benzene rings is 1. The second-order valence-corrected chi connectivity index (χ2v) is 33.7. The van der Waals surface area contributed by atoms with Crippen molar-refractivity contribution in [2.24, 2.45) is 35.5 Å². The van der Waals surface area contributed by atoms with Crippen LogP contribution >= 0.6 is 0 Å². The Balaban J connectivity index is 0.619. The number of anilines is 2. The molecule has 1 aromatic carbocycles. The molecule has 36 heteroatoms. The number of hydroxylamine groups is 1. The summed E-state index contributed by atoms with van der Waals surface area (Å²) in [7, 11) is 6.38. The number of oxazole rings is 1. The van der Waals surface area contributed by atoms with E-state index in [0.717, 1.165) is 36.1 Å². The number of fused-ring (bicyclic) bond motifs is 6. The van der Waals surface area contributed by atoms with Crippen LogP contribution in [0.5, 0.6) is 0 Å². The minimum absolute atomic E-state index is 0.0147. The highest BCUT2D eigenvalue weighted by molar-refractivity contribution is 6.39. The van der Waals surface area contributed by atoms with Crippen LogP contribution in [-0.2, 0) is 110 Å². The van der Waals surface area contributed by atoms with E-state index in [2.05, 4.69) is 44.4 Å². The highest BCUT2D eigenvalue weighted by Gasteiger charge is 2.54. The first-order chi connectivity index (χ1) is 60.9. The van der Waals surface area contributed by atoms with E-state index < -0.39 is 78.1 Å². The summed E-state index contributed by atoms with van der Waals surface area (Å²) in [6, 6.07) is 4.48. The van der Waals surface area contributed by atoms with Gasteiger partial charge in [-0.25, -0.2) is 24.1 Å². The summed E-state index contributed by atoms with van der Waals surface area (Å²) in [6.45, 7) is 21.6. The normalized spacial score (nSPS) is 27.7. The molecule has 1 aliphatic carbocycles. The largest absolute Gasteiger partial charge is 0.460 e. The number of nitrogens with zero attached hydrogens (tertiary/aromatic N) is 10. The number of carbonyl (C=O) groups is 4. The van der Waals surface area contributed by atoms with Gasteiger partial charge in [0.1, 0.15) is 47.3 Å². The first-order valence-electron chi connectivity index (χ1n) is 44.8. The Morgan fingerprint density at radius 3 is 2.06 bits per heavy atom. The number of unbranched alkanes of at least 4 members (excludes halogenated alkanes) is 1. The number of aliphatic hydroxyl groups is 3. The number of Topliss-reactive ketones (excluding diaryl/α,β-unsaturated/α-hetero) is 1. The van der Waals surface area contributed by atoms with Crippen LogP contribution < -0.4 is 16.8 Å². The molecule has 0 radical (unpaired) electrons. The Hall–Kier alpha value is -8.15. The fourth-order valence-corrected chi connectivity index (χ4v) is 17.3. The van der Waals surface area contributed by atoms with E-state index in [1.807, 2.05) is 76.4 Å². The number of piperidine rings is 1. The molecule has 8 heterocycles. The third kappa shape index (κ3) is 28.7. The standard InChI is InChI=1S/C90H137N13O23/c1-58-18-12-13-19-70-59(2)48-62(5)81(83(114-11)82(106)63(6)49-60(3)75(112-9)54-76(61(4)50-65-22-25-72(104)77(51-65)113-10)124-88(109)71-20-14-16-29-101(71)87(108)84(107)90(110)64(7)21-24-68(126-90)53-74(58)111-8)103(70)123-56-67-55-100(99-97-67)31-33-116-35-37-118-39-41-120-43-45-122-47-46-121-44-42-119-40-38-117-36-34-115-32-27-78(105)93-28-15-17-30-102-86-79(85(91)94-57-95-86)80(98-102)66-23-26-73-69(52-66)96-89(92)125-73/h12-13,18-19,23,26,49,52,55,57,59-62,64-65,68,71-72,74-77,82-83,104,106,110H,14-17,20-22,24-25,27-48,50-51,53-54,56H2,1-11H3,(H4-,91,92,93,94,95,96,98,105)/p+1/b13-12+,58-18+,63-49+,70-19-/t59-,60+,61+,62+,64+,65-,68-,71-,72+,74-,75+,76?,77+,82+,83-,90+/m0/s1. The molecule has 2 amide bonds. The molecule has 126 heavy (non-hydrogen) atoms. The van der Waals surface area contributed by atoms with Crippen LogP contribution in [0.2, 0.25) is 0 Å². The molecule has 5 aliphatic rings. The van der Waals surface area contributed by atoms with Gasteiger partial charge in [-0.3, -0.25) is 19.2 Å². The zero-order chi connectivity index (χ0) is 90.1. The Morgan fingerprint density at radius 1 is 0.722 bits per heavy atom. The molecule has 1 saturated carbocycles. The van der Waals surface area contributed by atoms with Crippen molar-refractivity contribution in [3.63, 3.8) is 0 Å². The lowest BCUT2D eigenvalue weighted by molar-refractivity contribution is -0.767. The third-order valence-corrected chi connectivity index (χ3v) is 24.5. The monoisotopic (exact) mass is 1770 g/mol. The quantitative estimate of drug-likeness (QED) is 0.00712. The topological polar surface area (TPSA) is 438 Å². The van der Waals surface area contributed by atoms with E-state index in [1.54, 1.807) is 55.5 Å². The van der Waals surface area contributed by atoms with Gasteiger partial charge in [-0.15, -0.1) is 5.10 Å². The molecular weight excluding hydrogens is 1630 g/mol. The van der Waals surface area contributed by atoms with Gasteiger partial charge in [0.15, 0.2) is 17.3 Å². The van der Waals surface area contributed by atoms with Gasteiger partial charge in [-0.1, -0.05) is 64.1 Å². The molecule has 1 unspecified atom stereocenters. The summed E-state index contributed by atoms with van der Waals surface area (Å²) in [5.74, 6) is -6.32. The minimum Gasteiger partial charge on any atom is -0.460 e. The number of nitrogens with one attached hydrogen (secondary N) is 1. The number of aliphatic hydroxyl groups excluding tert-OH is 2. The molecule has 5 aromatic rings. The van der Waals surface area contributed by atoms with E-state index in [0.29, 0.717) is 221 Å². The van der Waals surface area contributed by atoms with Crippen LogP contribution in [0.4, 0.5) is 11.8 Å². The SMILES string of the molecule is CO[C@H]1C[C@@H]2CC[C@@H](C)[C@@](O)(O2)C(=O)C(=O)N2CCCC[C@H]2C(=O)OC([C@H](C)C[C@@H]2CC[C@@H](O)[C@H](OC)C2)C[C@@H](OC)[C@H](C)/C=C(\C)[C@@H](O)[C@@H](OC)C2=[N+](OCc3cn(CCOCCOCCOCCOCCOCCOCCOCCOCCC(=O)NCCCCn4nc(-c5ccc6oc(N)nc6c5)c5c(N)ncnc54)nn3)\C(=C/C=C/C=C/1C)[C@@H](C)C[C@H]2C. The van der Waals surface area contributed by atoms with Crippen molar-refractivity contribution in [3.8, 4) is 11.3 Å². The van der Waals surface area contributed by atoms with E-state index >= 15 is 0 Å². The number of cyclic esters (lactones) is 1. The number of hydrogen-bond donors (Lipinski definition) is 6. The predicted molar refractivity (Wildman–Crippen MR) is 466 cm³/mol. The molecule has 36 nitrogen and oxygen atoms in total. The van der Waals surface area contributed by atoms with Gasteiger partial charge in [0.25, 0.3) is 17.7 Å². The van der Waals surface area contributed by atoms with Gasteiger partial charge >= 0.3 is 5.97 Å². The minimum atomic E-state index is -2.46. The lowest BCUT2D eigenvalue weighted by Crippen LogP contribution is -2.61. The lowest BCUT2D eigenvalue weighted by Gasteiger charge is -2.43. The van der Waals surface area contributed by atoms with Crippen LogP contribution in [0.15, 0.2) is 82.4 Å². The van der Waals surface area contributed by atoms with Crippen LogP contribution in [0, 0.1) is 35.5 Å². The number of methoxy groups -OCH3 is 4. The summed E-state index contributed by atoms with van der Waals surface area (Å²) in [6.07, 6.45) is 15.4. The van der Waals surface area contributed by atoms with Crippen LogP contribution in [0.25, 0.3) is 33.4 Å². The lowest BCUT2D eigenvalue weighted by atomic mass is 9.78. The first-order valence-corrected chi connectivity index (χ1v) is 44.8. The van der Waals surface area contributed by atoms with Gasteiger partial charge in [0.2, 0.25) is 29.7 Å². The molecular formula is C90H138N13O23+. The Morgan fingerprint density at radius 2 is 1.39 bits per heavy atom. The van der Waals surface area contributed by atoms with Crippen LogP contribution in [0.1, 0.15) is 150 Å². The van der Waals surface area contributed by atoms with Gasteiger partial charge in [0.05, 0.1) is 154 Å². The number of carbonyl (C=O) groups excluding carboxylic acids is 4. The predicted octanol–water partition coefficient (Wildman–Crippen LogP) is 7.81. The fraction of sp³-hybridized carbons (Fsp3) is 0.700. The molecule has 3 fully saturated rings. The average Bonchev–Trinajstić information content (AvgIpc) is 1.68. The highest BCUT2D eigenvalue weighted by atomic mass is 16.7. The van der Waals surface area contributed by atoms with Crippen molar-refractivity contribution in [1.29, 1.82) is 0 Å². The van der Waals surface area contributed by atoms with E-state index in [1.165, 1.54) is 11.2 Å². The number of hydrogen-bond acceptors (Lipinski definition) is 31. The van der Waals surface area contributed by atoms with Crippen molar-refractivity contribution >= 4 is 63.2 Å². The highest BCUT2D eigenvalue weighted by Crippen LogP contribution is 2.40. The number of nitrogen functional groups attached to an aromatic ring is 2. The van der Waals surface area contributed by atoms with Gasteiger partial charge in [0, 0.05) is 107 Å². The van der Waals surface area contributed by atoms with E-state index in [9.17, 15) is 34.5 Å². The zero-order valence-electron chi connectivity index (χ0n) is 75.5. The number of nitrogens with two attached hydrogens (primary N) is 2. The van der Waals surface area contributed by atoms with Crippen LogP contribution in [0.3, 0.4) is 0 Å². The van der Waals surface area contributed by atoms with Crippen molar-refractivity contribution < 1.29 is 115 Å². The first kappa shape index (κ1) is 100. The number of allylic oxidation sites excluding steroid dienone is 5. The Bertz CT molecular complexity index is 4380. The van der Waals surface area contributed by atoms with Gasteiger partial charge in [-0.2, -0.15) is 10.1 Å². The van der Waals surface area contributed by atoms with Crippen molar-refractivity contribution in [1.82, 2.24) is 49.9 Å². The van der Waals surface area contributed by atoms with Crippen molar-refractivity contribution in [2.45, 2.75) is 225 Å². The number of ketones is 1. The molecule has 10 rings (SSSR count). The zero-order valence-corrected chi connectivity index (χ0v) is 75.5. The molecule has 4 aliphatic heterocycles. The number of aromatic nitrogens is 8. The smallest absolute Gasteiger partial charge is 0.329 e. The number of ether oxygens (including phenoxy) is 14. The van der Waals surface area contributed by atoms with Crippen molar-refractivity contribution in [2.75, 3.05) is 159 Å². The fourth-order valence-electron chi connectivity index (χ4n) is 17.3. The molecule has 8 N–H and O–H groups in total. The molecule has 16 atom stereocenters. The summed E-state index contributed by atoms with van der Waals surface area (Å²) in [4.78, 5) is 77.5. The molecule has 4 aromatic heterocycles. The molecule has 700 valence electrons. The summed E-state index contributed by atoms with van der Waals surface area (Å²) in [5, 5.41) is 53.0. The van der Waals surface area contributed by atoms with Crippen molar-refractivity contribution in [3.05, 3.63) is 83.6 Å². The number of amides is 2. The maximum absolute atomic E-state index is 14.9. The molecule has 4 bridgehead atoms. The van der Waals surface area contributed by atoms with E-state index in [4.69, 9.17) is 92.1 Å². The Kier molecular flexibility index (Phi) is 40.7. The Labute approximate surface area is 738 Å². The van der Waals surface area contributed by atoms with E-state index in [-0.39, 0.29) is 93.1 Å². The summed E-state index contributed by atoms with van der Waals surface area (Å²) >= 11 is 0. The maximum atomic E-state index is 14.9. The summed E-state index contributed by atoms with van der Waals surface area (Å²) in [5.41, 5.74) is 18.8. The molecule has 2 saturated heterocycles. The number of esters is 1. The maximum Gasteiger partial charge on any atom is 0.329 e. The van der Waals surface area contributed by atoms with Gasteiger partial charge < -0.3 is 108 Å². The average molecular weight is 1770 g/mol. The summed E-state index contributed by atoms with van der Waals surface area (Å²) < 4.78 is 93.4. The molecule has 0 spiro atoms. The third-order valence-electron chi connectivity index (χ3n) is 24.5. The number of rotatable bonds is 43. The number of aryl methyl sites for hydroxylation is 1. The second-order valence-electron chi connectivity index (χ2n) is 33.7.